The largest absolute Gasteiger partial charge is 0.312 e. The van der Waals surface area contributed by atoms with E-state index in [1.54, 1.807) is 0 Å². The molecule has 1 aliphatic carbocycles. The lowest BCUT2D eigenvalue weighted by Crippen LogP contribution is -2.26. The monoisotopic (exact) mass is 267 g/mol. The van der Waals surface area contributed by atoms with E-state index in [1.165, 1.54) is 35.4 Å². The van der Waals surface area contributed by atoms with Gasteiger partial charge in [-0.2, -0.15) is 5.10 Å². The molecule has 1 aliphatic heterocycles. The van der Waals surface area contributed by atoms with Gasteiger partial charge in [0.1, 0.15) is 0 Å². The summed E-state index contributed by atoms with van der Waals surface area (Å²) in [6.45, 7) is 4.34. The molecule has 20 heavy (non-hydrogen) atoms. The summed E-state index contributed by atoms with van der Waals surface area (Å²) >= 11 is 0. The SMILES string of the molecule is CC(c1ccccc1)n1nc(C2CC2)c2c1CCNC2. The van der Waals surface area contributed by atoms with E-state index in [0.717, 1.165) is 25.4 Å². The molecule has 3 heteroatoms. The molecule has 2 aromatic rings. The Morgan fingerprint density at radius 2 is 2.05 bits per heavy atom. The van der Waals surface area contributed by atoms with Gasteiger partial charge in [0.2, 0.25) is 0 Å². The van der Waals surface area contributed by atoms with Crippen LogP contribution in [0.25, 0.3) is 0 Å². The topological polar surface area (TPSA) is 29.9 Å². The minimum Gasteiger partial charge on any atom is -0.312 e. The van der Waals surface area contributed by atoms with Crippen LogP contribution in [0.5, 0.6) is 0 Å². The highest BCUT2D eigenvalue weighted by atomic mass is 15.3. The Balaban J connectivity index is 1.77. The van der Waals surface area contributed by atoms with E-state index in [2.05, 4.69) is 47.3 Å². The summed E-state index contributed by atoms with van der Waals surface area (Å²) < 4.78 is 2.29. The van der Waals surface area contributed by atoms with Gasteiger partial charge in [-0.25, -0.2) is 0 Å². The fourth-order valence-corrected chi connectivity index (χ4v) is 3.28. The molecule has 1 atom stereocenters. The Kier molecular flexibility index (Phi) is 2.88. The van der Waals surface area contributed by atoms with E-state index in [1.807, 2.05) is 0 Å². The molecular formula is C17H21N3. The lowest BCUT2D eigenvalue weighted by molar-refractivity contribution is 0.515. The number of fused-ring (bicyclic) bond motifs is 1. The molecule has 3 nitrogen and oxygen atoms in total. The van der Waals surface area contributed by atoms with Crippen molar-refractivity contribution in [3.05, 3.63) is 52.8 Å². The van der Waals surface area contributed by atoms with E-state index in [0.29, 0.717) is 6.04 Å². The highest BCUT2D eigenvalue weighted by molar-refractivity contribution is 5.35. The van der Waals surface area contributed by atoms with Crippen LogP contribution in [-0.4, -0.2) is 16.3 Å². The Labute approximate surface area is 120 Å². The van der Waals surface area contributed by atoms with E-state index in [4.69, 9.17) is 5.10 Å². The number of nitrogens with one attached hydrogen (secondary N) is 1. The van der Waals surface area contributed by atoms with Crippen LogP contribution in [0.2, 0.25) is 0 Å². The molecule has 2 aliphatic rings. The molecular weight excluding hydrogens is 246 g/mol. The van der Waals surface area contributed by atoms with Crippen LogP contribution in [0.4, 0.5) is 0 Å². The number of benzene rings is 1. The molecule has 1 saturated carbocycles. The lowest BCUT2D eigenvalue weighted by atomic mass is 10.0. The maximum atomic E-state index is 5.01. The first-order chi connectivity index (χ1) is 9.84. The third-order valence-corrected chi connectivity index (χ3v) is 4.60. The molecule has 2 heterocycles. The zero-order chi connectivity index (χ0) is 13.5. The first-order valence-corrected chi connectivity index (χ1v) is 7.70. The first-order valence-electron chi connectivity index (χ1n) is 7.70. The molecule has 0 spiro atoms. The van der Waals surface area contributed by atoms with Crippen LogP contribution in [-0.2, 0) is 13.0 Å². The molecule has 0 bridgehead atoms. The van der Waals surface area contributed by atoms with Crippen molar-refractivity contribution in [3.8, 4) is 0 Å². The second kappa shape index (κ2) is 4.74. The summed E-state index contributed by atoms with van der Waals surface area (Å²) in [4.78, 5) is 0. The minimum absolute atomic E-state index is 0.329. The third kappa shape index (κ3) is 1.97. The second-order valence-corrected chi connectivity index (χ2v) is 6.04. The number of hydrogen-bond donors (Lipinski definition) is 1. The third-order valence-electron chi connectivity index (χ3n) is 4.60. The average molecular weight is 267 g/mol. The summed E-state index contributed by atoms with van der Waals surface area (Å²) in [5.74, 6) is 0.730. The zero-order valence-corrected chi connectivity index (χ0v) is 12.0. The van der Waals surface area contributed by atoms with Crippen molar-refractivity contribution in [3.63, 3.8) is 0 Å². The van der Waals surface area contributed by atoms with Crippen molar-refractivity contribution in [1.82, 2.24) is 15.1 Å². The number of hydrogen-bond acceptors (Lipinski definition) is 2. The van der Waals surface area contributed by atoms with Gasteiger partial charge in [-0.1, -0.05) is 30.3 Å². The van der Waals surface area contributed by atoms with Crippen LogP contribution < -0.4 is 5.32 Å². The van der Waals surface area contributed by atoms with Crippen molar-refractivity contribution in [2.45, 2.75) is 44.7 Å². The van der Waals surface area contributed by atoms with Crippen LogP contribution in [0, 0.1) is 0 Å². The van der Waals surface area contributed by atoms with Crippen LogP contribution in [0.3, 0.4) is 0 Å². The number of aromatic nitrogens is 2. The van der Waals surface area contributed by atoms with Gasteiger partial charge in [-0.3, -0.25) is 4.68 Å². The van der Waals surface area contributed by atoms with Gasteiger partial charge in [0.25, 0.3) is 0 Å². The Hall–Kier alpha value is -1.61. The van der Waals surface area contributed by atoms with Crippen LogP contribution in [0.15, 0.2) is 30.3 Å². The quantitative estimate of drug-likeness (QED) is 0.926. The zero-order valence-electron chi connectivity index (χ0n) is 12.0. The van der Waals surface area contributed by atoms with E-state index < -0.39 is 0 Å². The highest BCUT2D eigenvalue weighted by Gasteiger charge is 2.33. The average Bonchev–Trinajstić information content (AvgIpc) is 3.28. The lowest BCUT2D eigenvalue weighted by Gasteiger charge is -2.20. The predicted molar refractivity (Wildman–Crippen MR) is 79.9 cm³/mol. The molecule has 1 aromatic heterocycles. The summed E-state index contributed by atoms with van der Waals surface area (Å²) in [6.07, 6.45) is 3.75. The smallest absolute Gasteiger partial charge is 0.0743 e. The van der Waals surface area contributed by atoms with Gasteiger partial charge in [-0.15, -0.1) is 0 Å². The second-order valence-electron chi connectivity index (χ2n) is 6.04. The molecule has 0 saturated heterocycles. The van der Waals surface area contributed by atoms with Crippen molar-refractivity contribution >= 4 is 0 Å². The highest BCUT2D eigenvalue weighted by Crippen LogP contribution is 2.42. The fraction of sp³-hybridized carbons (Fsp3) is 0.471. The van der Waals surface area contributed by atoms with Crippen molar-refractivity contribution < 1.29 is 0 Å². The Bertz CT molecular complexity index is 611. The molecule has 0 radical (unpaired) electrons. The molecule has 1 N–H and O–H groups in total. The predicted octanol–water partition coefficient (Wildman–Crippen LogP) is 3.02. The minimum atomic E-state index is 0.329. The molecule has 1 fully saturated rings. The van der Waals surface area contributed by atoms with Gasteiger partial charge < -0.3 is 5.32 Å². The van der Waals surface area contributed by atoms with Gasteiger partial charge in [-0.05, 0) is 25.3 Å². The maximum Gasteiger partial charge on any atom is 0.0743 e. The van der Waals surface area contributed by atoms with E-state index in [-0.39, 0.29) is 0 Å². The van der Waals surface area contributed by atoms with Crippen molar-refractivity contribution in [2.24, 2.45) is 0 Å². The van der Waals surface area contributed by atoms with E-state index >= 15 is 0 Å². The fourth-order valence-electron chi connectivity index (χ4n) is 3.28. The molecule has 4 rings (SSSR count). The maximum absolute atomic E-state index is 5.01. The van der Waals surface area contributed by atoms with Gasteiger partial charge >= 0.3 is 0 Å². The molecule has 104 valence electrons. The van der Waals surface area contributed by atoms with Gasteiger partial charge in [0.05, 0.1) is 11.7 Å². The number of rotatable bonds is 3. The summed E-state index contributed by atoms with van der Waals surface area (Å²) in [5, 5.41) is 8.51. The molecule has 1 unspecified atom stereocenters. The van der Waals surface area contributed by atoms with E-state index in [9.17, 15) is 0 Å². The molecule has 1 aromatic carbocycles. The molecule has 0 amide bonds. The summed E-state index contributed by atoms with van der Waals surface area (Å²) in [7, 11) is 0. The van der Waals surface area contributed by atoms with Crippen LogP contribution in [0.1, 0.15) is 54.2 Å². The van der Waals surface area contributed by atoms with Crippen LogP contribution >= 0.6 is 0 Å². The van der Waals surface area contributed by atoms with Crippen molar-refractivity contribution in [1.29, 1.82) is 0 Å². The summed E-state index contributed by atoms with van der Waals surface area (Å²) in [5.41, 5.74) is 5.66. The number of nitrogens with zero attached hydrogens (tertiary/aromatic N) is 2. The normalized spacial score (nSPS) is 19.6. The van der Waals surface area contributed by atoms with Gasteiger partial charge in [0, 0.05) is 36.7 Å². The first kappa shape index (κ1) is 12.2. The standard InChI is InChI=1S/C17H21N3/c1-12(13-5-3-2-4-6-13)20-16-9-10-18-11-15(16)17(19-20)14-7-8-14/h2-6,12,14,18H,7-11H2,1H3. The Morgan fingerprint density at radius 1 is 1.25 bits per heavy atom. The van der Waals surface area contributed by atoms with Gasteiger partial charge in [0.15, 0.2) is 0 Å². The summed E-state index contributed by atoms with van der Waals surface area (Å²) in [6, 6.07) is 11.0. The Morgan fingerprint density at radius 3 is 2.80 bits per heavy atom. The van der Waals surface area contributed by atoms with Crippen molar-refractivity contribution in [2.75, 3.05) is 6.54 Å².